The Bertz CT molecular complexity index is 535. The molecule has 0 bridgehead atoms. The van der Waals surface area contributed by atoms with Crippen LogP contribution in [0.2, 0.25) is 5.02 Å². The molecule has 0 fully saturated rings. The standard InChI is InChI=1S/C9H7ClN2O3/c10-6-1-5(4-13)8-2-7(9(14)15)11-12(8)3-6/h1-3,13H,4H2,(H,14,15). The number of aliphatic hydroxyl groups is 1. The summed E-state index contributed by atoms with van der Waals surface area (Å²) in [5.41, 5.74) is 1.01. The first kappa shape index (κ1) is 9.95. The van der Waals surface area contributed by atoms with E-state index in [0.29, 0.717) is 16.1 Å². The average Bonchev–Trinajstić information content (AvgIpc) is 2.59. The van der Waals surface area contributed by atoms with E-state index >= 15 is 0 Å². The van der Waals surface area contributed by atoms with Crippen LogP contribution in [0.25, 0.3) is 5.52 Å². The largest absolute Gasteiger partial charge is 0.476 e. The zero-order valence-electron chi connectivity index (χ0n) is 7.51. The van der Waals surface area contributed by atoms with E-state index in [1.54, 1.807) is 6.07 Å². The summed E-state index contributed by atoms with van der Waals surface area (Å²) in [5, 5.41) is 22.0. The maximum Gasteiger partial charge on any atom is 0.356 e. The third-order valence-electron chi connectivity index (χ3n) is 2.01. The summed E-state index contributed by atoms with van der Waals surface area (Å²) in [4.78, 5) is 10.7. The van der Waals surface area contributed by atoms with Gasteiger partial charge in [-0.2, -0.15) is 5.10 Å². The molecule has 15 heavy (non-hydrogen) atoms. The highest BCUT2D eigenvalue weighted by atomic mass is 35.5. The molecule has 0 aliphatic heterocycles. The molecule has 6 heteroatoms. The van der Waals surface area contributed by atoms with E-state index in [0.717, 1.165) is 0 Å². The molecule has 0 unspecified atom stereocenters. The Morgan fingerprint density at radius 3 is 2.87 bits per heavy atom. The number of halogens is 1. The van der Waals surface area contributed by atoms with E-state index < -0.39 is 5.97 Å². The van der Waals surface area contributed by atoms with Crippen molar-refractivity contribution < 1.29 is 15.0 Å². The van der Waals surface area contributed by atoms with Crippen molar-refractivity contribution in [3.05, 3.63) is 34.6 Å². The van der Waals surface area contributed by atoms with Gasteiger partial charge in [0.1, 0.15) is 0 Å². The van der Waals surface area contributed by atoms with Crippen LogP contribution in [0.15, 0.2) is 18.3 Å². The lowest BCUT2D eigenvalue weighted by atomic mass is 10.2. The number of hydrogen-bond donors (Lipinski definition) is 2. The van der Waals surface area contributed by atoms with Gasteiger partial charge in [-0.15, -0.1) is 0 Å². The van der Waals surface area contributed by atoms with E-state index in [1.807, 2.05) is 0 Å². The third-order valence-corrected chi connectivity index (χ3v) is 2.22. The van der Waals surface area contributed by atoms with Gasteiger partial charge in [0.2, 0.25) is 0 Å². The maximum atomic E-state index is 10.7. The van der Waals surface area contributed by atoms with Gasteiger partial charge in [0.05, 0.1) is 17.1 Å². The van der Waals surface area contributed by atoms with Crippen LogP contribution in [0.3, 0.4) is 0 Å². The van der Waals surface area contributed by atoms with E-state index in [9.17, 15) is 4.79 Å². The van der Waals surface area contributed by atoms with Gasteiger partial charge in [0.25, 0.3) is 0 Å². The summed E-state index contributed by atoms with van der Waals surface area (Å²) in [6.07, 6.45) is 1.49. The smallest absolute Gasteiger partial charge is 0.356 e. The first-order valence-electron chi connectivity index (χ1n) is 4.14. The lowest BCUT2D eigenvalue weighted by molar-refractivity contribution is 0.0690. The SMILES string of the molecule is O=C(O)c1cc2c(CO)cc(Cl)cn2n1. The average molecular weight is 227 g/mol. The molecule has 2 aromatic heterocycles. The van der Waals surface area contributed by atoms with Crippen molar-refractivity contribution in [1.29, 1.82) is 0 Å². The summed E-state index contributed by atoms with van der Waals surface area (Å²) in [5.74, 6) is -1.11. The second-order valence-corrected chi connectivity index (χ2v) is 3.44. The lowest BCUT2D eigenvalue weighted by Gasteiger charge is -2.00. The number of nitrogens with zero attached hydrogens (tertiary/aromatic N) is 2. The van der Waals surface area contributed by atoms with Crippen molar-refractivity contribution in [3.63, 3.8) is 0 Å². The molecule has 0 aliphatic rings. The van der Waals surface area contributed by atoms with Gasteiger partial charge in [0.15, 0.2) is 5.69 Å². The van der Waals surface area contributed by atoms with Crippen LogP contribution in [0.4, 0.5) is 0 Å². The van der Waals surface area contributed by atoms with Gasteiger partial charge in [-0.1, -0.05) is 11.6 Å². The number of fused-ring (bicyclic) bond motifs is 1. The lowest BCUT2D eigenvalue weighted by Crippen LogP contribution is -1.97. The monoisotopic (exact) mass is 226 g/mol. The molecule has 0 spiro atoms. The summed E-state index contributed by atoms with van der Waals surface area (Å²) in [6.45, 7) is -0.213. The highest BCUT2D eigenvalue weighted by molar-refractivity contribution is 6.30. The van der Waals surface area contributed by atoms with Gasteiger partial charge in [-0.25, -0.2) is 9.31 Å². The molecule has 0 saturated heterocycles. The van der Waals surface area contributed by atoms with Crippen LogP contribution in [-0.4, -0.2) is 25.8 Å². The zero-order valence-corrected chi connectivity index (χ0v) is 8.27. The third kappa shape index (κ3) is 1.67. The molecular formula is C9H7ClN2O3. The molecule has 0 atom stereocenters. The van der Waals surface area contributed by atoms with Gasteiger partial charge in [-0.05, 0) is 12.1 Å². The Hall–Kier alpha value is -1.59. The van der Waals surface area contributed by atoms with Crippen molar-refractivity contribution in [3.8, 4) is 0 Å². The zero-order chi connectivity index (χ0) is 11.0. The van der Waals surface area contributed by atoms with Crippen LogP contribution < -0.4 is 0 Å². The summed E-state index contributed by atoms with van der Waals surface area (Å²) < 4.78 is 1.34. The molecule has 0 amide bonds. The fourth-order valence-corrected chi connectivity index (χ4v) is 1.58. The number of aromatic nitrogens is 2. The molecule has 0 saturated carbocycles. The Morgan fingerprint density at radius 1 is 1.53 bits per heavy atom. The summed E-state index contributed by atoms with van der Waals surface area (Å²) in [6, 6.07) is 2.97. The van der Waals surface area contributed by atoms with Crippen LogP contribution in [-0.2, 0) is 6.61 Å². The quantitative estimate of drug-likeness (QED) is 0.806. The fraction of sp³-hybridized carbons (Fsp3) is 0.111. The normalized spacial score (nSPS) is 10.8. The highest BCUT2D eigenvalue weighted by Crippen LogP contribution is 2.18. The number of hydrogen-bond acceptors (Lipinski definition) is 3. The van der Waals surface area contributed by atoms with E-state index in [4.69, 9.17) is 21.8 Å². The Kier molecular flexibility index (Phi) is 2.34. The second kappa shape index (κ2) is 3.52. The molecule has 2 aromatic rings. The van der Waals surface area contributed by atoms with Gasteiger partial charge in [-0.3, -0.25) is 0 Å². The Labute approximate surface area is 89.5 Å². The van der Waals surface area contributed by atoms with Gasteiger partial charge >= 0.3 is 5.97 Å². The van der Waals surface area contributed by atoms with Crippen LogP contribution >= 0.6 is 11.6 Å². The fourth-order valence-electron chi connectivity index (χ4n) is 1.36. The van der Waals surface area contributed by atoms with E-state index in [-0.39, 0.29) is 12.3 Å². The van der Waals surface area contributed by atoms with Crippen LogP contribution in [0.5, 0.6) is 0 Å². The molecule has 2 N–H and O–H groups in total. The number of pyridine rings is 1. The van der Waals surface area contributed by atoms with Crippen LogP contribution in [0.1, 0.15) is 16.1 Å². The topological polar surface area (TPSA) is 74.8 Å². The van der Waals surface area contributed by atoms with Crippen molar-refractivity contribution >= 4 is 23.1 Å². The predicted molar refractivity (Wildman–Crippen MR) is 53.1 cm³/mol. The van der Waals surface area contributed by atoms with Crippen molar-refractivity contribution in [2.24, 2.45) is 0 Å². The maximum absolute atomic E-state index is 10.7. The Balaban J connectivity index is 2.74. The van der Waals surface area contributed by atoms with Crippen molar-refractivity contribution in [1.82, 2.24) is 9.61 Å². The first-order chi connectivity index (χ1) is 7.11. The van der Waals surface area contributed by atoms with Gasteiger partial charge < -0.3 is 10.2 Å². The number of carboxylic acid groups (broad SMARTS) is 1. The predicted octanol–water partition coefficient (Wildman–Crippen LogP) is 1.18. The number of aromatic carboxylic acids is 1. The van der Waals surface area contributed by atoms with Crippen molar-refractivity contribution in [2.75, 3.05) is 0 Å². The van der Waals surface area contributed by atoms with Gasteiger partial charge in [0, 0.05) is 11.8 Å². The minimum Gasteiger partial charge on any atom is -0.476 e. The number of carbonyl (C=O) groups is 1. The molecule has 0 radical (unpaired) electrons. The molecular weight excluding hydrogens is 220 g/mol. The molecule has 5 nitrogen and oxygen atoms in total. The van der Waals surface area contributed by atoms with Crippen LogP contribution in [0, 0.1) is 0 Å². The molecule has 0 aliphatic carbocycles. The van der Waals surface area contributed by atoms with E-state index in [2.05, 4.69) is 5.10 Å². The number of aliphatic hydroxyl groups excluding tert-OH is 1. The summed E-state index contributed by atoms with van der Waals surface area (Å²) in [7, 11) is 0. The number of rotatable bonds is 2. The van der Waals surface area contributed by atoms with Crippen molar-refractivity contribution in [2.45, 2.75) is 6.61 Å². The first-order valence-corrected chi connectivity index (χ1v) is 4.51. The minimum atomic E-state index is -1.11. The minimum absolute atomic E-state index is 0.0769. The molecule has 78 valence electrons. The molecule has 2 heterocycles. The number of carboxylic acids is 1. The second-order valence-electron chi connectivity index (χ2n) is 3.01. The summed E-state index contributed by atoms with van der Waals surface area (Å²) >= 11 is 5.77. The molecule has 0 aromatic carbocycles. The van der Waals surface area contributed by atoms with E-state index in [1.165, 1.54) is 16.8 Å². The highest BCUT2D eigenvalue weighted by Gasteiger charge is 2.11. The molecule has 2 rings (SSSR count). The Morgan fingerprint density at radius 2 is 2.27 bits per heavy atom.